The fraction of sp³-hybridized carbons (Fsp3) is 0.316. The van der Waals surface area contributed by atoms with Crippen LogP contribution >= 0.6 is 11.3 Å². The van der Waals surface area contributed by atoms with E-state index in [1.807, 2.05) is 24.3 Å². The minimum absolute atomic E-state index is 0.231. The van der Waals surface area contributed by atoms with Gasteiger partial charge in [0.2, 0.25) is 5.95 Å². The van der Waals surface area contributed by atoms with Gasteiger partial charge in [0.25, 0.3) is 0 Å². The molecule has 49 heavy (non-hydrogen) atoms. The second-order valence-corrected chi connectivity index (χ2v) is 15.0. The first-order valence-corrected chi connectivity index (χ1v) is 18.8. The third-order valence-corrected chi connectivity index (χ3v) is 11.5. The number of aromatic nitrogens is 3. The number of ether oxygens (including phenoxy) is 1. The molecule has 2 aromatic heterocycles. The Bertz CT molecular complexity index is 1950. The molecule has 1 fully saturated rings. The average molecular weight is 691 g/mol. The lowest BCUT2D eigenvalue weighted by molar-refractivity contribution is 0.262. The van der Waals surface area contributed by atoms with Gasteiger partial charge >= 0.3 is 0 Å². The molecule has 6 rings (SSSR count). The van der Waals surface area contributed by atoms with Gasteiger partial charge in [0, 0.05) is 73.2 Å². The minimum Gasteiger partial charge on any atom is -0.495 e. The average Bonchev–Trinajstić information content (AvgIpc) is 3.60. The molecule has 0 spiro atoms. The van der Waals surface area contributed by atoms with Crippen molar-refractivity contribution in [3.8, 4) is 33.6 Å². The molecule has 11 heteroatoms. The van der Waals surface area contributed by atoms with E-state index in [0.717, 1.165) is 88.1 Å². The predicted molar refractivity (Wildman–Crippen MR) is 203 cm³/mol. The van der Waals surface area contributed by atoms with Crippen LogP contribution in [0.5, 0.6) is 5.75 Å². The van der Waals surface area contributed by atoms with Crippen molar-refractivity contribution in [3.05, 3.63) is 90.1 Å². The summed E-state index contributed by atoms with van der Waals surface area (Å²) in [5.41, 5.74) is 5.60. The van der Waals surface area contributed by atoms with Crippen LogP contribution < -0.4 is 15.0 Å². The summed E-state index contributed by atoms with van der Waals surface area (Å²) in [5, 5.41) is 13.5. The molecular weight excluding hydrogens is 649 g/mol. The van der Waals surface area contributed by atoms with Gasteiger partial charge in [0.05, 0.1) is 45.8 Å². The highest BCUT2D eigenvalue weighted by Gasteiger charge is 2.21. The zero-order valence-corrected chi connectivity index (χ0v) is 30.1. The Morgan fingerprint density at radius 2 is 1.82 bits per heavy atom. The normalized spacial score (nSPS) is 14.2. The van der Waals surface area contributed by atoms with E-state index in [2.05, 4.69) is 102 Å². The van der Waals surface area contributed by atoms with Gasteiger partial charge in [-0.15, -0.1) is 11.3 Å². The van der Waals surface area contributed by atoms with Gasteiger partial charge in [0.1, 0.15) is 5.75 Å². The molecular formula is C38H42N8OS2. The molecule has 9 nitrogen and oxygen atoms in total. The predicted octanol–water partition coefficient (Wildman–Crippen LogP) is 8.69. The van der Waals surface area contributed by atoms with Crippen LogP contribution in [0.15, 0.2) is 94.3 Å². The Morgan fingerprint density at radius 3 is 2.55 bits per heavy atom. The van der Waals surface area contributed by atoms with Crippen molar-refractivity contribution in [2.45, 2.75) is 38.0 Å². The number of nitriles is 1. The standard InChI is InChI=1S/C38H42N8OS2/c1-5-49(31-13-7-6-8-14-31)44-30-12-9-11-28(25-30)35-36(48-37(43-35)27(2)3)32-17-19-40-38(42-32)41-29-15-16-34(47-4)33(26-29)46-23-21-45(22-24-46)20-10-18-39/h6-9,11-17,19,25-27H,5,10,20-24H2,1-4H3,(H,40,41,42). The molecule has 0 amide bonds. The second-order valence-electron chi connectivity index (χ2n) is 12.0. The monoisotopic (exact) mass is 690 g/mol. The van der Waals surface area contributed by atoms with Crippen LogP contribution in [0.4, 0.5) is 23.0 Å². The quantitative estimate of drug-likeness (QED) is 0.139. The first-order valence-electron chi connectivity index (χ1n) is 16.7. The first-order chi connectivity index (χ1) is 23.9. The Balaban J connectivity index is 1.28. The number of anilines is 3. The summed E-state index contributed by atoms with van der Waals surface area (Å²) < 4.78 is 10.9. The number of rotatable bonds is 12. The van der Waals surface area contributed by atoms with Crippen molar-refractivity contribution in [3.63, 3.8) is 0 Å². The summed E-state index contributed by atoms with van der Waals surface area (Å²) in [6.45, 7) is 10.9. The number of nitrogens with one attached hydrogen (secondary N) is 1. The molecule has 0 aliphatic carbocycles. The highest BCUT2D eigenvalue weighted by Crippen LogP contribution is 2.40. The van der Waals surface area contributed by atoms with Gasteiger partial charge in [-0.05, 0) is 48.5 Å². The van der Waals surface area contributed by atoms with Crippen LogP contribution in [0.25, 0.3) is 21.8 Å². The van der Waals surface area contributed by atoms with Gasteiger partial charge in [-0.25, -0.2) is 19.3 Å². The zero-order valence-electron chi connectivity index (χ0n) is 28.5. The van der Waals surface area contributed by atoms with Crippen molar-refractivity contribution < 1.29 is 4.74 Å². The van der Waals surface area contributed by atoms with Crippen molar-refractivity contribution in [2.24, 2.45) is 4.36 Å². The van der Waals surface area contributed by atoms with Gasteiger partial charge in [-0.3, -0.25) is 4.90 Å². The van der Waals surface area contributed by atoms with Gasteiger partial charge in [-0.2, -0.15) is 5.26 Å². The highest BCUT2D eigenvalue weighted by atomic mass is 32.2. The molecule has 1 aliphatic rings. The largest absolute Gasteiger partial charge is 0.495 e. The molecule has 0 bridgehead atoms. The second kappa shape index (κ2) is 16.2. The van der Waals surface area contributed by atoms with Gasteiger partial charge < -0.3 is 15.0 Å². The molecule has 1 aliphatic heterocycles. The van der Waals surface area contributed by atoms with E-state index in [1.165, 1.54) is 4.90 Å². The lowest BCUT2D eigenvalue weighted by Crippen LogP contribution is -2.46. The van der Waals surface area contributed by atoms with E-state index in [9.17, 15) is 0 Å². The molecule has 3 aromatic carbocycles. The molecule has 1 atom stereocenters. The highest BCUT2D eigenvalue weighted by molar-refractivity contribution is 7.87. The minimum atomic E-state index is -0.231. The fourth-order valence-corrected chi connectivity index (χ4v) is 8.23. The molecule has 1 unspecified atom stereocenters. The summed E-state index contributed by atoms with van der Waals surface area (Å²) in [4.78, 5) is 21.6. The number of benzene rings is 3. The van der Waals surface area contributed by atoms with Crippen molar-refractivity contribution >= 4 is 45.0 Å². The van der Waals surface area contributed by atoms with Crippen LogP contribution in [0, 0.1) is 11.3 Å². The molecule has 5 aromatic rings. The molecule has 0 radical (unpaired) electrons. The lowest BCUT2D eigenvalue weighted by atomic mass is 10.1. The summed E-state index contributed by atoms with van der Waals surface area (Å²) in [5.74, 6) is 2.56. The topological polar surface area (TPSA) is 103 Å². The van der Waals surface area contributed by atoms with Crippen LogP contribution in [0.2, 0.25) is 0 Å². The third-order valence-electron chi connectivity index (χ3n) is 8.34. The molecule has 0 saturated carbocycles. The maximum Gasteiger partial charge on any atom is 0.227 e. The van der Waals surface area contributed by atoms with E-state index < -0.39 is 0 Å². The number of methoxy groups -OCH3 is 1. The number of hydrogen-bond acceptors (Lipinski definition) is 10. The summed E-state index contributed by atoms with van der Waals surface area (Å²) in [6, 6.07) is 29.2. The van der Waals surface area contributed by atoms with Crippen LogP contribution in [-0.4, -0.2) is 65.4 Å². The Hall–Kier alpha value is -4.63. The van der Waals surface area contributed by atoms with E-state index in [0.29, 0.717) is 12.4 Å². The van der Waals surface area contributed by atoms with Crippen molar-refractivity contribution in [1.29, 1.82) is 5.26 Å². The summed E-state index contributed by atoms with van der Waals surface area (Å²) in [7, 11) is 1.47. The van der Waals surface area contributed by atoms with Crippen molar-refractivity contribution in [1.82, 2.24) is 19.9 Å². The number of nitrogens with zero attached hydrogens (tertiary/aromatic N) is 7. The van der Waals surface area contributed by atoms with Gasteiger partial charge in [-0.1, -0.05) is 61.8 Å². The van der Waals surface area contributed by atoms with E-state index in [4.69, 9.17) is 24.3 Å². The third kappa shape index (κ3) is 8.33. The fourth-order valence-electron chi connectivity index (χ4n) is 5.76. The molecule has 252 valence electrons. The first kappa shape index (κ1) is 34.2. The number of thiazole rings is 1. The maximum absolute atomic E-state index is 8.97. The molecule has 1 N–H and O–H groups in total. The Morgan fingerprint density at radius 1 is 1.00 bits per heavy atom. The Kier molecular flexibility index (Phi) is 11.3. The number of piperazine rings is 1. The summed E-state index contributed by atoms with van der Waals surface area (Å²) in [6.07, 6.45) is 2.35. The van der Waals surface area contributed by atoms with Crippen LogP contribution in [0.1, 0.15) is 38.1 Å². The van der Waals surface area contributed by atoms with Crippen LogP contribution in [0.3, 0.4) is 0 Å². The molecule has 1 saturated heterocycles. The molecule has 3 heterocycles. The van der Waals surface area contributed by atoms with Gasteiger partial charge in [0.15, 0.2) is 0 Å². The number of hydrogen-bond donors (Lipinski definition) is 1. The maximum atomic E-state index is 8.97. The summed E-state index contributed by atoms with van der Waals surface area (Å²) >= 11 is 1.68. The lowest BCUT2D eigenvalue weighted by Gasteiger charge is -2.36. The zero-order chi connectivity index (χ0) is 34.2. The van der Waals surface area contributed by atoms with E-state index in [-0.39, 0.29) is 16.6 Å². The van der Waals surface area contributed by atoms with E-state index in [1.54, 1.807) is 24.6 Å². The smallest absolute Gasteiger partial charge is 0.227 e. The Labute approximate surface area is 295 Å². The van der Waals surface area contributed by atoms with Crippen molar-refractivity contribution in [2.75, 3.05) is 55.8 Å². The van der Waals surface area contributed by atoms with Crippen LogP contribution in [-0.2, 0) is 10.7 Å². The van der Waals surface area contributed by atoms with E-state index >= 15 is 0 Å². The SMILES string of the molecule is CCS(=Nc1cccc(-c2nc(C(C)C)sc2-c2ccnc(Nc3ccc(OC)c(N4CCN(CCC#N)CC4)c3)n2)c1)c1ccccc1.